The van der Waals surface area contributed by atoms with Crippen LogP contribution >= 0.6 is 0 Å². The largest absolute Gasteiger partial charge is 0.205 e. The molecule has 0 aliphatic rings. The van der Waals surface area contributed by atoms with E-state index in [9.17, 15) is 0 Å². The van der Waals surface area contributed by atoms with E-state index in [4.69, 9.17) is 0 Å². The van der Waals surface area contributed by atoms with E-state index in [1.807, 2.05) is 0 Å². The van der Waals surface area contributed by atoms with Crippen LogP contribution in [0.2, 0.25) is 0 Å². The minimum Gasteiger partial charge on any atom is -0.205 e. The molecule has 0 amide bonds. The molecule has 0 spiro atoms. The summed E-state index contributed by atoms with van der Waals surface area (Å²) in [6.07, 6.45) is 8.37. The number of aromatic nitrogens is 1. The van der Waals surface area contributed by atoms with Gasteiger partial charge in [0, 0.05) is 18.1 Å². The van der Waals surface area contributed by atoms with E-state index in [-0.39, 0.29) is 0 Å². The summed E-state index contributed by atoms with van der Waals surface area (Å²) in [4.78, 5) is 0. The highest BCUT2D eigenvalue weighted by atomic mass is 14.9. The fourth-order valence-electron chi connectivity index (χ4n) is 1.64. The second-order valence-electron chi connectivity index (χ2n) is 4.51. The van der Waals surface area contributed by atoms with Crippen molar-refractivity contribution < 1.29 is 4.57 Å². The first-order valence-electron chi connectivity index (χ1n) is 5.64. The second-order valence-corrected chi connectivity index (χ2v) is 4.51. The average Bonchev–Trinajstić information content (AvgIpc) is 2.12. The molecule has 1 aromatic heterocycles. The average molecular weight is 192 g/mol. The van der Waals surface area contributed by atoms with Crippen LogP contribution in [-0.4, -0.2) is 0 Å². The normalized spacial score (nSPS) is 10.9. The summed E-state index contributed by atoms with van der Waals surface area (Å²) in [5, 5.41) is 0. The molecule has 14 heavy (non-hydrogen) atoms. The quantitative estimate of drug-likeness (QED) is 0.498. The van der Waals surface area contributed by atoms with Gasteiger partial charge >= 0.3 is 0 Å². The van der Waals surface area contributed by atoms with Crippen LogP contribution in [0.25, 0.3) is 0 Å². The SMILES string of the molecule is Cc1ccc[n+](CCCCC(C)C)c1. The molecular weight excluding hydrogens is 170 g/mol. The molecule has 1 rings (SSSR count). The second kappa shape index (κ2) is 5.79. The summed E-state index contributed by atoms with van der Waals surface area (Å²) in [6.45, 7) is 7.89. The van der Waals surface area contributed by atoms with E-state index in [2.05, 4.69) is 49.9 Å². The lowest BCUT2D eigenvalue weighted by molar-refractivity contribution is -0.697. The van der Waals surface area contributed by atoms with Gasteiger partial charge in [-0.1, -0.05) is 20.3 Å². The van der Waals surface area contributed by atoms with Crippen molar-refractivity contribution in [3.05, 3.63) is 30.1 Å². The monoisotopic (exact) mass is 192 g/mol. The van der Waals surface area contributed by atoms with Crippen LogP contribution in [0.15, 0.2) is 24.5 Å². The Bertz CT molecular complexity index is 266. The molecule has 0 N–H and O–H groups in total. The summed E-state index contributed by atoms with van der Waals surface area (Å²) < 4.78 is 2.29. The molecule has 1 heteroatoms. The Morgan fingerprint density at radius 3 is 2.71 bits per heavy atom. The zero-order valence-electron chi connectivity index (χ0n) is 9.66. The van der Waals surface area contributed by atoms with Gasteiger partial charge in [-0.3, -0.25) is 0 Å². The van der Waals surface area contributed by atoms with Crippen molar-refractivity contribution in [2.24, 2.45) is 5.92 Å². The third-order valence-corrected chi connectivity index (χ3v) is 2.45. The van der Waals surface area contributed by atoms with Crippen LogP contribution in [0, 0.1) is 12.8 Å². The lowest BCUT2D eigenvalue weighted by Gasteiger charge is -2.02. The van der Waals surface area contributed by atoms with Crippen LogP contribution in [-0.2, 0) is 6.54 Å². The zero-order chi connectivity index (χ0) is 10.4. The Morgan fingerprint density at radius 1 is 1.29 bits per heavy atom. The predicted octanol–water partition coefficient (Wildman–Crippen LogP) is 3.11. The molecule has 0 aliphatic carbocycles. The maximum absolute atomic E-state index is 2.29. The number of hydrogen-bond acceptors (Lipinski definition) is 0. The molecule has 0 fully saturated rings. The third-order valence-electron chi connectivity index (χ3n) is 2.45. The minimum atomic E-state index is 0.845. The molecule has 0 saturated carbocycles. The van der Waals surface area contributed by atoms with Crippen LogP contribution in [0.5, 0.6) is 0 Å². The van der Waals surface area contributed by atoms with E-state index in [0.29, 0.717) is 0 Å². The number of pyridine rings is 1. The van der Waals surface area contributed by atoms with E-state index < -0.39 is 0 Å². The topological polar surface area (TPSA) is 3.88 Å². The summed E-state index contributed by atoms with van der Waals surface area (Å²) in [6, 6.07) is 4.27. The molecule has 0 aromatic carbocycles. The molecule has 0 saturated heterocycles. The van der Waals surface area contributed by atoms with Gasteiger partial charge in [-0.2, -0.15) is 0 Å². The summed E-state index contributed by atoms with van der Waals surface area (Å²) in [5.41, 5.74) is 1.34. The first-order chi connectivity index (χ1) is 6.68. The van der Waals surface area contributed by atoms with Gasteiger partial charge < -0.3 is 0 Å². The van der Waals surface area contributed by atoms with Gasteiger partial charge in [-0.05, 0) is 25.3 Å². The molecule has 78 valence electrons. The summed E-state index contributed by atoms with van der Waals surface area (Å²) >= 11 is 0. The number of aryl methyl sites for hydroxylation is 2. The van der Waals surface area contributed by atoms with Crippen molar-refractivity contribution in [3.8, 4) is 0 Å². The van der Waals surface area contributed by atoms with Crippen molar-refractivity contribution in [3.63, 3.8) is 0 Å². The molecule has 0 bridgehead atoms. The van der Waals surface area contributed by atoms with Crippen LogP contribution < -0.4 is 4.57 Å². The molecule has 1 nitrogen and oxygen atoms in total. The Hall–Kier alpha value is -0.850. The highest BCUT2D eigenvalue weighted by molar-refractivity contribution is 5.01. The molecule has 0 radical (unpaired) electrons. The number of rotatable bonds is 5. The molecule has 0 unspecified atom stereocenters. The molecule has 0 atom stereocenters. The highest BCUT2D eigenvalue weighted by Gasteiger charge is 2.00. The van der Waals surface area contributed by atoms with E-state index in [1.54, 1.807) is 0 Å². The van der Waals surface area contributed by atoms with Crippen molar-refractivity contribution in [1.29, 1.82) is 0 Å². The van der Waals surface area contributed by atoms with Gasteiger partial charge in [-0.25, -0.2) is 4.57 Å². The maximum Gasteiger partial charge on any atom is 0.171 e. The fourth-order valence-corrected chi connectivity index (χ4v) is 1.64. The molecule has 0 aliphatic heterocycles. The van der Waals surface area contributed by atoms with Crippen LogP contribution in [0.4, 0.5) is 0 Å². The maximum atomic E-state index is 2.29. The van der Waals surface area contributed by atoms with Gasteiger partial charge in [0.05, 0.1) is 0 Å². The Kier molecular flexibility index (Phi) is 4.64. The number of unbranched alkanes of at least 4 members (excludes halogenated alkanes) is 1. The van der Waals surface area contributed by atoms with Crippen molar-refractivity contribution in [2.75, 3.05) is 0 Å². The van der Waals surface area contributed by atoms with Crippen molar-refractivity contribution in [1.82, 2.24) is 0 Å². The number of nitrogens with zero attached hydrogens (tertiary/aromatic N) is 1. The van der Waals surface area contributed by atoms with Crippen molar-refractivity contribution >= 4 is 0 Å². The Balaban J connectivity index is 2.25. The molecular formula is C13H22N+. The van der Waals surface area contributed by atoms with Crippen LogP contribution in [0.1, 0.15) is 38.7 Å². The van der Waals surface area contributed by atoms with Gasteiger partial charge in [0.25, 0.3) is 0 Å². The van der Waals surface area contributed by atoms with E-state index >= 15 is 0 Å². The first-order valence-corrected chi connectivity index (χ1v) is 5.64. The lowest BCUT2D eigenvalue weighted by atomic mass is 10.1. The van der Waals surface area contributed by atoms with Gasteiger partial charge in [0.15, 0.2) is 12.4 Å². The van der Waals surface area contributed by atoms with Gasteiger partial charge in [-0.15, -0.1) is 0 Å². The first kappa shape index (κ1) is 11.2. The minimum absolute atomic E-state index is 0.845. The molecule has 1 heterocycles. The predicted molar refractivity (Wildman–Crippen MR) is 60.1 cm³/mol. The van der Waals surface area contributed by atoms with E-state index in [1.165, 1.54) is 24.8 Å². The van der Waals surface area contributed by atoms with Gasteiger partial charge in [0.1, 0.15) is 6.54 Å². The van der Waals surface area contributed by atoms with E-state index in [0.717, 1.165) is 12.5 Å². The van der Waals surface area contributed by atoms with Gasteiger partial charge in [0.2, 0.25) is 0 Å². The third kappa shape index (κ3) is 4.40. The highest BCUT2D eigenvalue weighted by Crippen LogP contribution is 2.05. The smallest absolute Gasteiger partial charge is 0.171 e. The van der Waals surface area contributed by atoms with Crippen molar-refractivity contribution in [2.45, 2.75) is 46.6 Å². The summed E-state index contributed by atoms with van der Waals surface area (Å²) in [5.74, 6) is 0.845. The fraction of sp³-hybridized carbons (Fsp3) is 0.615. The Morgan fingerprint density at radius 2 is 2.07 bits per heavy atom. The standard InChI is InChI=1S/C13H22N/c1-12(2)7-4-5-9-14-10-6-8-13(3)11-14/h6,8,10-12H,4-5,7,9H2,1-3H3/q+1. The zero-order valence-corrected chi connectivity index (χ0v) is 9.66. The Labute approximate surface area is 87.8 Å². The lowest BCUT2D eigenvalue weighted by Crippen LogP contribution is -2.32. The number of hydrogen-bond donors (Lipinski definition) is 0. The van der Waals surface area contributed by atoms with Crippen LogP contribution in [0.3, 0.4) is 0 Å². The molecule has 1 aromatic rings. The summed E-state index contributed by atoms with van der Waals surface area (Å²) in [7, 11) is 0.